The smallest absolute Gasteiger partial charge is 0.183 e. The van der Waals surface area contributed by atoms with Crippen molar-refractivity contribution in [3.8, 4) is 6.07 Å². The number of nitrogens with zero attached hydrogens (tertiary/aromatic N) is 1. The number of hydrogen-bond acceptors (Lipinski definition) is 4. The molecule has 7 heteroatoms. The van der Waals surface area contributed by atoms with Crippen molar-refractivity contribution in [2.75, 3.05) is 13.2 Å². The summed E-state index contributed by atoms with van der Waals surface area (Å²) in [5.41, 5.74) is -0.595. The maximum atomic E-state index is 13.3. The molecule has 26 heavy (non-hydrogen) atoms. The van der Waals surface area contributed by atoms with Gasteiger partial charge in [-0.15, -0.1) is 0 Å². The summed E-state index contributed by atoms with van der Waals surface area (Å²) in [7, 11) is -3.79. The Balaban J connectivity index is 2.05. The standard InChI is InChI=1S/C19H17ClFNO3S/c1-2-25-12-19(11-22)17(13-3-7-15(21)8-4-13)18(19)26(23,24)16-9-5-14(20)6-10-16/h3-10,17-18H,2,12H2,1H3/t17-,18+,19+/m1/s1. The number of hydrogen-bond donors (Lipinski definition) is 0. The van der Waals surface area contributed by atoms with Crippen LogP contribution in [0.2, 0.25) is 5.02 Å². The molecular formula is C19H17ClFNO3S. The third-order valence-corrected chi connectivity index (χ3v) is 7.26. The molecule has 0 amide bonds. The second kappa shape index (κ2) is 6.99. The van der Waals surface area contributed by atoms with Crippen molar-refractivity contribution in [3.63, 3.8) is 0 Å². The number of halogens is 2. The molecule has 0 aliphatic heterocycles. The Hall–Kier alpha value is -1.94. The highest BCUT2D eigenvalue weighted by Gasteiger charge is 2.72. The van der Waals surface area contributed by atoms with E-state index >= 15 is 0 Å². The summed E-state index contributed by atoms with van der Waals surface area (Å²) in [6, 6.07) is 13.6. The maximum Gasteiger partial charge on any atom is 0.183 e. The number of nitriles is 1. The highest BCUT2D eigenvalue weighted by Crippen LogP contribution is 2.63. The largest absolute Gasteiger partial charge is 0.380 e. The van der Waals surface area contributed by atoms with E-state index in [1.165, 1.54) is 48.5 Å². The molecule has 3 rings (SSSR count). The summed E-state index contributed by atoms with van der Waals surface area (Å²) in [6.45, 7) is 2.15. The quantitative estimate of drug-likeness (QED) is 0.744. The Bertz CT molecular complexity index is 938. The zero-order chi connectivity index (χ0) is 18.9. The molecule has 0 aromatic heterocycles. The van der Waals surface area contributed by atoms with Crippen molar-refractivity contribution >= 4 is 21.4 Å². The van der Waals surface area contributed by atoms with Crippen LogP contribution in [-0.2, 0) is 14.6 Å². The van der Waals surface area contributed by atoms with Gasteiger partial charge in [0.1, 0.15) is 11.2 Å². The average molecular weight is 394 g/mol. The van der Waals surface area contributed by atoms with E-state index in [4.69, 9.17) is 16.3 Å². The van der Waals surface area contributed by atoms with Crippen LogP contribution in [0.5, 0.6) is 0 Å². The first-order chi connectivity index (χ1) is 12.4. The molecule has 3 atom stereocenters. The lowest BCUT2D eigenvalue weighted by atomic mass is 10.0. The van der Waals surface area contributed by atoms with Gasteiger partial charge in [-0.1, -0.05) is 23.7 Å². The van der Waals surface area contributed by atoms with Crippen LogP contribution < -0.4 is 0 Å². The van der Waals surface area contributed by atoms with Gasteiger partial charge in [0.25, 0.3) is 0 Å². The number of ether oxygens (including phenoxy) is 1. The number of sulfone groups is 1. The van der Waals surface area contributed by atoms with Crippen LogP contribution in [0.1, 0.15) is 18.4 Å². The maximum absolute atomic E-state index is 13.3. The first-order valence-corrected chi connectivity index (χ1v) is 10.0. The normalized spacial score (nSPS) is 24.8. The van der Waals surface area contributed by atoms with E-state index in [1.54, 1.807) is 6.92 Å². The molecule has 1 saturated carbocycles. The molecule has 0 N–H and O–H groups in total. The van der Waals surface area contributed by atoms with Crippen LogP contribution >= 0.6 is 11.6 Å². The first-order valence-electron chi connectivity index (χ1n) is 8.10. The van der Waals surface area contributed by atoms with Gasteiger partial charge in [0.05, 0.1) is 22.8 Å². The first kappa shape index (κ1) is 18.8. The van der Waals surface area contributed by atoms with Crippen molar-refractivity contribution in [1.82, 2.24) is 0 Å². The highest BCUT2D eigenvalue weighted by molar-refractivity contribution is 7.92. The molecule has 0 saturated heterocycles. The van der Waals surface area contributed by atoms with Crippen molar-refractivity contribution in [2.45, 2.75) is 23.0 Å². The molecule has 2 aromatic rings. The molecule has 0 spiro atoms. The fourth-order valence-corrected chi connectivity index (χ4v) is 5.82. The zero-order valence-electron chi connectivity index (χ0n) is 14.0. The SMILES string of the molecule is CCOC[C@@]1(C#N)[C@H](c2ccc(F)cc2)[C@@H]1S(=O)(=O)c1ccc(Cl)cc1. The molecule has 2 aromatic carbocycles. The van der Waals surface area contributed by atoms with Crippen LogP contribution in [-0.4, -0.2) is 26.9 Å². The molecule has 0 bridgehead atoms. The van der Waals surface area contributed by atoms with E-state index in [2.05, 4.69) is 6.07 Å². The Morgan fingerprint density at radius 2 is 1.81 bits per heavy atom. The van der Waals surface area contributed by atoms with E-state index in [9.17, 15) is 18.1 Å². The van der Waals surface area contributed by atoms with Crippen LogP contribution in [0, 0.1) is 22.6 Å². The van der Waals surface area contributed by atoms with Crippen molar-refractivity contribution in [2.24, 2.45) is 5.41 Å². The van der Waals surface area contributed by atoms with Gasteiger partial charge in [0, 0.05) is 17.5 Å². The van der Waals surface area contributed by atoms with Gasteiger partial charge in [0.15, 0.2) is 9.84 Å². The fourth-order valence-electron chi connectivity index (χ4n) is 3.38. The summed E-state index contributed by atoms with van der Waals surface area (Å²) in [6.07, 6.45) is 0. The topological polar surface area (TPSA) is 67.2 Å². The summed E-state index contributed by atoms with van der Waals surface area (Å²) in [5.74, 6) is -1.00. The van der Waals surface area contributed by atoms with Crippen molar-refractivity contribution in [1.29, 1.82) is 5.26 Å². The molecular weight excluding hydrogens is 377 g/mol. The highest BCUT2D eigenvalue weighted by atomic mass is 35.5. The molecule has 4 nitrogen and oxygen atoms in total. The third kappa shape index (κ3) is 3.11. The summed E-state index contributed by atoms with van der Waals surface area (Å²) in [5, 5.41) is 9.27. The predicted octanol–water partition coefficient (Wildman–Crippen LogP) is 3.97. The number of rotatable bonds is 6. The van der Waals surface area contributed by atoms with E-state index in [0.717, 1.165) is 0 Å². The molecule has 0 heterocycles. The van der Waals surface area contributed by atoms with Crippen molar-refractivity contribution < 1.29 is 17.5 Å². The molecule has 0 radical (unpaired) electrons. The Kier molecular flexibility index (Phi) is 5.07. The van der Waals surface area contributed by atoms with E-state index in [0.29, 0.717) is 17.2 Å². The molecule has 1 aliphatic rings. The molecule has 0 unspecified atom stereocenters. The Labute approximate surface area is 157 Å². The lowest BCUT2D eigenvalue weighted by Crippen LogP contribution is -2.19. The third-order valence-electron chi connectivity index (χ3n) is 4.72. The van der Waals surface area contributed by atoms with Gasteiger partial charge >= 0.3 is 0 Å². The minimum Gasteiger partial charge on any atom is -0.380 e. The van der Waals surface area contributed by atoms with Crippen LogP contribution in [0.4, 0.5) is 4.39 Å². The lowest BCUT2D eigenvalue weighted by molar-refractivity contribution is 0.117. The predicted molar refractivity (Wildman–Crippen MR) is 96.1 cm³/mol. The minimum absolute atomic E-state index is 0.000467. The summed E-state index contributed by atoms with van der Waals surface area (Å²) < 4.78 is 45.0. The van der Waals surface area contributed by atoms with Crippen LogP contribution in [0.25, 0.3) is 0 Å². The average Bonchev–Trinajstić information content (AvgIpc) is 3.31. The zero-order valence-corrected chi connectivity index (χ0v) is 15.6. The second-order valence-corrected chi connectivity index (χ2v) is 8.74. The molecule has 1 aliphatic carbocycles. The van der Waals surface area contributed by atoms with Gasteiger partial charge in [0.2, 0.25) is 0 Å². The van der Waals surface area contributed by atoms with Gasteiger partial charge in [-0.05, 0) is 48.9 Å². The number of benzene rings is 2. The van der Waals surface area contributed by atoms with Gasteiger partial charge < -0.3 is 4.74 Å². The molecule has 1 fully saturated rings. The monoisotopic (exact) mass is 393 g/mol. The summed E-state index contributed by atoms with van der Waals surface area (Å²) >= 11 is 5.85. The molecule has 136 valence electrons. The van der Waals surface area contributed by atoms with Gasteiger partial charge in [-0.3, -0.25) is 0 Å². The fraction of sp³-hybridized carbons (Fsp3) is 0.316. The van der Waals surface area contributed by atoms with Crippen LogP contribution in [0.3, 0.4) is 0 Å². The van der Waals surface area contributed by atoms with E-state index < -0.39 is 32.2 Å². The van der Waals surface area contributed by atoms with E-state index in [1.807, 2.05) is 0 Å². The van der Waals surface area contributed by atoms with Crippen LogP contribution in [0.15, 0.2) is 53.4 Å². The second-order valence-electron chi connectivity index (χ2n) is 6.24. The summed E-state index contributed by atoms with van der Waals surface area (Å²) in [4.78, 5) is 0.104. The minimum atomic E-state index is -3.79. The Morgan fingerprint density at radius 1 is 1.19 bits per heavy atom. The van der Waals surface area contributed by atoms with Gasteiger partial charge in [-0.2, -0.15) is 5.26 Å². The van der Waals surface area contributed by atoms with Gasteiger partial charge in [-0.25, -0.2) is 12.8 Å². The van der Waals surface area contributed by atoms with Crippen molar-refractivity contribution in [3.05, 3.63) is 64.9 Å². The van der Waals surface area contributed by atoms with E-state index in [-0.39, 0.29) is 11.5 Å². The lowest BCUT2D eigenvalue weighted by Gasteiger charge is -2.09. The Morgan fingerprint density at radius 3 is 2.35 bits per heavy atom.